The second-order valence-electron chi connectivity index (χ2n) is 12.5. The first-order chi connectivity index (χ1) is 25.4. The quantitative estimate of drug-likeness (QED) is 0.0669. The predicted octanol–water partition coefficient (Wildman–Crippen LogP) is 6.87. The Morgan fingerprint density at radius 2 is 0.847 bits per heavy atom. The van der Waals surface area contributed by atoms with E-state index < -0.39 is 43.6 Å². The second-order valence-corrected chi connectivity index (χ2v) is 15.2. The van der Waals surface area contributed by atoms with E-state index in [1.165, 1.54) is 0 Å². The Kier molecular flexibility index (Phi) is 34.6. The Balaban J connectivity index is -0.000000334. The number of nitrogens with zero attached hydrogens (tertiary/aromatic N) is 1. The first-order valence-corrected chi connectivity index (χ1v) is 20.5. The van der Waals surface area contributed by atoms with Gasteiger partial charge in [0.1, 0.15) is 0 Å². The van der Waals surface area contributed by atoms with E-state index in [1.807, 2.05) is 92.6 Å². The number of anilines is 8. The summed E-state index contributed by atoms with van der Waals surface area (Å²) in [7, 11) is -5.37. The summed E-state index contributed by atoms with van der Waals surface area (Å²) in [6.45, 7) is 16.8. The number of benzene rings is 4. The van der Waals surface area contributed by atoms with Crippen molar-refractivity contribution in [2.45, 2.75) is 62.3 Å². The number of aryl methyl sites for hydroxylation is 3. The van der Waals surface area contributed by atoms with Crippen LogP contribution in [-0.4, -0.2) is 14.1 Å². The smallest absolute Gasteiger partial charge is 0.0381 e. The molecule has 0 spiro atoms. The molecule has 0 saturated heterocycles. The molecule has 0 bridgehead atoms. The van der Waals surface area contributed by atoms with E-state index in [1.54, 1.807) is 31.2 Å². The van der Waals surface area contributed by atoms with Crippen molar-refractivity contribution in [2.24, 2.45) is 0 Å². The minimum absolute atomic E-state index is 0. The van der Waals surface area contributed by atoms with Crippen LogP contribution in [0.4, 0.5) is 45.5 Å². The molecule has 4 radical (unpaired) electrons. The van der Waals surface area contributed by atoms with Crippen LogP contribution in [0.5, 0.6) is 0 Å². The molecule has 4 aromatic carbocycles. The maximum Gasteiger partial charge on any atom is 0.0381 e. The zero-order chi connectivity index (χ0) is 42.5. The van der Waals surface area contributed by atoms with Crippen LogP contribution in [-0.2, 0) is 208 Å². The van der Waals surface area contributed by atoms with Crippen molar-refractivity contribution in [2.75, 3.05) is 55.1 Å². The topological polar surface area (TPSA) is 266 Å². The summed E-state index contributed by atoms with van der Waals surface area (Å²) in [5.41, 5.74) is 30.3. The summed E-state index contributed by atoms with van der Waals surface area (Å²) < 4.78 is 93.1. The first kappa shape index (κ1) is 65.1. The Hall–Kier alpha value is -0.504. The number of nitrogens with one attached hydrogen (secondary N) is 4. The van der Waals surface area contributed by atoms with E-state index in [9.17, 15) is 33.7 Å². The van der Waals surface area contributed by atoms with Crippen molar-refractivity contribution in [3.8, 4) is 0 Å². The van der Waals surface area contributed by atoms with Gasteiger partial charge in [0.2, 0.25) is 0 Å². The summed E-state index contributed by atoms with van der Waals surface area (Å²) in [5, 5.41) is 0. The van der Waals surface area contributed by atoms with Gasteiger partial charge < -0.3 is 74.7 Å². The van der Waals surface area contributed by atoms with Crippen LogP contribution >= 0.6 is 0 Å². The Labute approximate surface area is 456 Å². The first-order valence-electron chi connectivity index (χ1n) is 16.2. The van der Waals surface area contributed by atoms with E-state index in [2.05, 4.69) is 18.9 Å². The van der Waals surface area contributed by atoms with Crippen LogP contribution in [0.15, 0.2) is 42.5 Å². The van der Waals surface area contributed by atoms with Gasteiger partial charge >= 0.3 is 0 Å². The molecule has 24 heteroatoms. The molecule has 0 atom stereocenters. The van der Waals surface area contributed by atoms with Gasteiger partial charge in [0.05, 0.1) is 0 Å². The molecule has 0 unspecified atom stereocenters. The van der Waals surface area contributed by atoms with Crippen LogP contribution in [0.1, 0.15) is 50.1 Å². The molecule has 10 N–H and O–H groups in total. The largest absolute Gasteiger partial charge is 0.419 e. The van der Waals surface area contributed by atoms with Crippen LogP contribution in [0.25, 0.3) is 0 Å². The number of hydrogen-bond acceptors (Lipinski definition) is 16. The molecule has 0 amide bonds. The number of rotatable bonds is 9. The molecule has 0 saturated carbocycles. The Morgan fingerprint density at radius 1 is 0.424 bits per heavy atom. The van der Waals surface area contributed by atoms with Crippen LogP contribution in [0.2, 0.25) is 0 Å². The number of nitrogens with two attached hydrogens (primary N) is 3. The van der Waals surface area contributed by atoms with Gasteiger partial charge in [-0.25, -0.2) is 0 Å². The van der Waals surface area contributed by atoms with Gasteiger partial charge in [-0.05, 0) is 149 Å². The SMILES string of the molecule is Cc1c(N)cc(N[S-](=O)=O)c(C)c1C.Cc1cc(N)c(C)c(N[S-](=O)=O)c1C.Cc1cc(N)cc(N[S-](=O)=O)c1C.Cc1ccc(N(C)C)cc1N[S-](=O)=O.[Y].[Y].[Y].[Y]. The molecule has 4 rings (SSSR count). The molecular weight excluding hydrogens is 1140 g/mol. The second kappa shape index (κ2) is 31.4. The summed E-state index contributed by atoms with van der Waals surface area (Å²) in [6.07, 6.45) is 0. The van der Waals surface area contributed by atoms with E-state index in [-0.39, 0.29) is 131 Å². The molecular formula is C35H50N8O8S4Y4-4. The maximum atomic E-state index is 10.5. The van der Waals surface area contributed by atoms with Crippen LogP contribution < -0.4 is 41.0 Å². The van der Waals surface area contributed by atoms with Crippen molar-refractivity contribution in [1.29, 1.82) is 0 Å². The fourth-order valence-corrected chi connectivity index (χ4v) is 6.40. The minimum Gasteiger partial charge on any atom is -0.419 e. The summed E-state index contributed by atoms with van der Waals surface area (Å²) in [4.78, 5) is 1.92. The van der Waals surface area contributed by atoms with Gasteiger partial charge in [-0.2, -0.15) is 0 Å². The zero-order valence-corrected chi connectivity index (χ0v) is 49.5. The predicted molar refractivity (Wildman–Crippen MR) is 225 cm³/mol. The molecule has 0 aromatic heterocycles. The fourth-order valence-electron chi connectivity index (χ4n) is 4.75. The van der Waals surface area contributed by atoms with Crippen molar-refractivity contribution >= 4 is 89.1 Å². The molecule has 0 aliphatic carbocycles. The van der Waals surface area contributed by atoms with Gasteiger partial charge in [-0.15, -0.1) is 0 Å². The van der Waals surface area contributed by atoms with E-state index in [0.717, 1.165) is 55.8 Å². The zero-order valence-electron chi connectivity index (χ0n) is 34.9. The maximum absolute atomic E-state index is 10.5. The van der Waals surface area contributed by atoms with Gasteiger partial charge in [0, 0.05) is 234 Å². The number of nitrogen functional groups attached to an aromatic ring is 3. The van der Waals surface area contributed by atoms with Gasteiger partial charge in [-0.3, -0.25) is 0 Å². The van der Waals surface area contributed by atoms with Gasteiger partial charge in [-0.1, -0.05) is 6.07 Å². The Morgan fingerprint density at radius 3 is 1.31 bits per heavy atom. The monoisotopic (exact) mass is 1190 g/mol. The number of hydrogen-bond donors (Lipinski definition) is 7. The van der Waals surface area contributed by atoms with E-state index in [0.29, 0.717) is 39.8 Å². The molecule has 0 fully saturated rings. The van der Waals surface area contributed by atoms with E-state index in [4.69, 9.17) is 17.2 Å². The molecule has 0 aliphatic rings. The molecule has 16 nitrogen and oxygen atoms in total. The molecule has 59 heavy (non-hydrogen) atoms. The van der Waals surface area contributed by atoms with E-state index >= 15 is 0 Å². The van der Waals surface area contributed by atoms with Gasteiger partial charge in [0.15, 0.2) is 0 Å². The van der Waals surface area contributed by atoms with Crippen molar-refractivity contribution in [3.63, 3.8) is 0 Å². The summed E-state index contributed by atoms with van der Waals surface area (Å²) in [5.74, 6) is 0. The summed E-state index contributed by atoms with van der Waals surface area (Å²) in [6, 6.07) is 12.5. The molecule has 318 valence electrons. The fraction of sp³-hybridized carbons (Fsp3) is 0.314. The van der Waals surface area contributed by atoms with Crippen LogP contribution in [0.3, 0.4) is 0 Å². The standard InChI is InChI=1S/3C9H13N2O2S.C8H11N2O2S.4Y/c1-7-4-5-8(11(2)3)6-9(7)10-14(12)13;1-5-6(2)8(10)4-9(7(5)3)11-14(12)13;1-5-4-8(10)7(3)9(6(5)2)11-14(12)13;1-5-3-7(9)4-8(6(5)2)10-13(11)12;;;;/h4-6H,1-3H3,(H,10,12,13);2*4H,10H2,1-3H3,(H,11,12,13);3-4H,9H2,1-2H3,(H,10,11,12);;;;/q4*-1;;;;. The molecule has 0 aliphatic heterocycles. The summed E-state index contributed by atoms with van der Waals surface area (Å²) >= 11 is 0. The van der Waals surface area contributed by atoms with Gasteiger partial charge in [0.25, 0.3) is 0 Å². The van der Waals surface area contributed by atoms with Crippen LogP contribution in [0, 0.1) is 62.3 Å². The third-order valence-electron chi connectivity index (χ3n) is 8.60. The third-order valence-corrected chi connectivity index (χ3v) is 10.1. The minimum atomic E-state index is -2.31. The third kappa shape index (κ3) is 22.6. The van der Waals surface area contributed by atoms with Crippen molar-refractivity contribution in [1.82, 2.24) is 0 Å². The normalized spacial score (nSPS) is 9.75. The van der Waals surface area contributed by atoms with Crippen molar-refractivity contribution in [3.05, 3.63) is 92.5 Å². The average molecular weight is 1190 g/mol. The Bertz CT molecular complexity index is 2280. The molecule has 4 aromatic rings. The van der Waals surface area contributed by atoms with Crippen molar-refractivity contribution < 1.29 is 165 Å². The molecule has 0 heterocycles. The average Bonchev–Trinajstić information content (AvgIpc) is 3.07.